The minimum absolute atomic E-state index is 0.0123. The molecule has 4 N–H and O–H groups in total. The summed E-state index contributed by atoms with van der Waals surface area (Å²) in [5.41, 5.74) is 4.92. The highest BCUT2D eigenvalue weighted by molar-refractivity contribution is 7.94. The fourth-order valence-electron chi connectivity index (χ4n) is 1.80. The topological polar surface area (TPSA) is 118 Å². The van der Waals surface area contributed by atoms with Gasteiger partial charge in [-0.15, -0.1) is 0 Å². The molecule has 0 spiro atoms. The maximum absolute atomic E-state index is 12.4. The normalized spacial score (nSPS) is 11.6. The van der Waals surface area contributed by atoms with Gasteiger partial charge in [-0.05, 0) is 37.3 Å². The Bertz CT molecular complexity index is 737. The number of halogens is 1. The van der Waals surface area contributed by atoms with Crippen LogP contribution in [0.25, 0.3) is 0 Å². The number of rotatable bonds is 7. The predicted molar refractivity (Wildman–Crippen MR) is 87.2 cm³/mol. The molecular weight excluding hydrogens is 353 g/mol. The van der Waals surface area contributed by atoms with Gasteiger partial charge in [0.1, 0.15) is 5.75 Å². The maximum Gasteiger partial charge on any atom is 0.338 e. The molecule has 1 atom stereocenters. The Morgan fingerprint density at radius 2 is 2.04 bits per heavy atom. The van der Waals surface area contributed by atoms with E-state index in [1.807, 2.05) is 0 Å². The second-order valence-electron chi connectivity index (χ2n) is 5.01. The van der Waals surface area contributed by atoms with E-state index < -0.39 is 18.0 Å². The number of ether oxygens (including phenoxy) is 1. The number of carbonyl (C=O) groups is 2. The van der Waals surface area contributed by atoms with E-state index in [1.54, 1.807) is 12.1 Å². The first-order chi connectivity index (χ1) is 11.9. The summed E-state index contributed by atoms with van der Waals surface area (Å²) in [6.07, 6.45) is 0. The first-order valence-electron chi connectivity index (χ1n) is 7.12. The van der Waals surface area contributed by atoms with Crippen LogP contribution in [0.5, 0.6) is 11.7 Å². The molecule has 0 aliphatic rings. The van der Waals surface area contributed by atoms with Gasteiger partial charge >= 0.3 is 6.03 Å². The lowest BCUT2D eigenvalue weighted by molar-refractivity contribution is -0.0682. The van der Waals surface area contributed by atoms with Crippen LogP contribution in [0.4, 0.5) is 8.68 Å². The molecule has 2 aromatic rings. The Labute approximate surface area is 147 Å². The molecule has 0 aliphatic heterocycles. The van der Waals surface area contributed by atoms with Gasteiger partial charge in [0, 0.05) is 17.5 Å². The maximum atomic E-state index is 12.4. The third-order valence-corrected chi connectivity index (χ3v) is 3.59. The van der Waals surface area contributed by atoms with E-state index in [0.29, 0.717) is 15.7 Å². The van der Waals surface area contributed by atoms with Crippen LogP contribution in [-0.2, 0) is 0 Å². The Hall–Kier alpha value is -2.72. The summed E-state index contributed by atoms with van der Waals surface area (Å²) in [7, 11) is 0. The highest BCUT2D eigenvalue weighted by atomic mass is 32.2. The van der Waals surface area contributed by atoms with E-state index in [2.05, 4.69) is 5.32 Å². The Balaban J connectivity index is 1.91. The first kappa shape index (κ1) is 18.6. The predicted octanol–water partition coefficient (Wildman–Crippen LogP) is 2.94. The van der Waals surface area contributed by atoms with Gasteiger partial charge in [-0.3, -0.25) is 10.0 Å². The van der Waals surface area contributed by atoms with Crippen LogP contribution in [0.2, 0.25) is 0 Å². The van der Waals surface area contributed by atoms with Crippen molar-refractivity contribution < 1.29 is 27.8 Å². The molecule has 0 aliphatic carbocycles. The molecule has 0 saturated carbocycles. The van der Waals surface area contributed by atoms with Crippen LogP contribution < -0.4 is 15.8 Å². The molecule has 0 bridgehead atoms. The second-order valence-corrected chi connectivity index (χ2v) is 5.64. The summed E-state index contributed by atoms with van der Waals surface area (Å²) in [5.74, 6) is -0.0599. The zero-order valence-corrected chi connectivity index (χ0v) is 14.0. The quantitative estimate of drug-likeness (QED) is 0.510. The Morgan fingerprint density at radius 1 is 1.36 bits per heavy atom. The van der Waals surface area contributed by atoms with Gasteiger partial charge in [-0.25, -0.2) is 9.86 Å². The van der Waals surface area contributed by atoms with Crippen molar-refractivity contribution in [3.05, 3.63) is 42.2 Å². The fourth-order valence-corrected chi connectivity index (χ4v) is 2.04. The van der Waals surface area contributed by atoms with Crippen molar-refractivity contribution in [1.29, 1.82) is 0 Å². The van der Waals surface area contributed by atoms with Crippen molar-refractivity contribution in [2.75, 3.05) is 6.54 Å². The van der Waals surface area contributed by atoms with Crippen molar-refractivity contribution in [3.63, 3.8) is 0 Å². The Kier molecular flexibility index (Phi) is 6.25. The summed E-state index contributed by atoms with van der Waals surface area (Å²) < 4.78 is 23.0. The molecule has 10 heteroatoms. The zero-order valence-electron chi connectivity index (χ0n) is 13.1. The van der Waals surface area contributed by atoms with Gasteiger partial charge in [0.2, 0.25) is 0 Å². The molecule has 3 amide bonds. The summed E-state index contributed by atoms with van der Waals surface area (Å²) in [6, 6.07) is 7.34. The first-order valence-corrected chi connectivity index (χ1v) is 7.84. The van der Waals surface area contributed by atoms with Crippen LogP contribution >= 0.6 is 12.1 Å². The van der Waals surface area contributed by atoms with Crippen molar-refractivity contribution in [2.24, 2.45) is 5.73 Å². The Morgan fingerprint density at radius 3 is 2.64 bits per heavy atom. The molecule has 25 heavy (non-hydrogen) atoms. The summed E-state index contributed by atoms with van der Waals surface area (Å²) in [5, 5.41) is 12.1. The summed E-state index contributed by atoms with van der Waals surface area (Å²) in [6.45, 7) is 1.47. The molecule has 1 aromatic heterocycles. The third kappa shape index (κ3) is 5.13. The molecule has 8 nitrogen and oxygen atoms in total. The molecule has 0 unspecified atom stereocenters. The van der Waals surface area contributed by atoms with Crippen molar-refractivity contribution in [2.45, 2.75) is 17.9 Å². The van der Waals surface area contributed by atoms with Gasteiger partial charge in [0.05, 0.1) is 18.2 Å². The van der Waals surface area contributed by atoms with Gasteiger partial charge in [0.15, 0.2) is 5.76 Å². The van der Waals surface area contributed by atoms with E-state index >= 15 is 0 Å². The molecular formula is C15H16FN3O5S. The summed E-state index contributed by atoms with van der Waals surface area (Å²) >= 11 is 0.121. The third-order valence-electron chi connectivity index (χ3n) is 3.14. The van der Waals surface area contributed by atoms with Crippen molar-refractivity contribution in [1.82, 2.24) is 10.4 Å². The molecule has 1 aromatic carbocycles. The number of hydrogen-bond donors (Lipinski definition) is 3. The number of nitrogens with zero attached hydrogens (tertiary/aromatic N) is 1. The van der Waals surface area contributed by atoms with E-state index in [-0.39, 0.29) is 30.4 Å². The number of urea groups is 1. The SMILES string of the molecule is C[C@H](CNC(=O)c1ccc(Oc2ccc(SF)cc2)o1)N(O)C(N)=O. The highest BCUT2D eigenvalue weighted by Crippen LogP contribution is 2.26. The number of benzene rings is 1. The van der Waals surface area contributed by atoms with Crippen LogP contribution in [0.3, 0.4) is 0 Å². The van der Waals surface area contributed by atoms with E-state index in [1.165, 1.54) is 31.2 Å². The fraction of sp³-hybridized carbons (Fsp3) is 0.200. The van der Waals surface area contributed by atoms with Gasteiger partial charge in [-0.2, -0.15) is 3.89 Å². The monoisotopic (exact) mass is 369 g/mol. The highest BCUT2D eigenvalue weighted by Gasteiger charge is 2.18. The lowest BCUT2D eigenvalue weighted by Crippen LogP contribution is -2.45. The number of nitrogens with one attached hydrogen (secondary N) is 1. The molecule has 0 saturated heterocycles. The number of amides is 3. The van der Waals surface area contributed by atoms with E-state index in [0.717, 1.165) is 0 Å². The minimum Gasteiger partial charge on any atom is -0.426 e. The largest absolute Gasteiger partial charge is 0.426 e. The second kappa shape index (κ2) is 8.40. The number of hydrogen-bond acceptors (Lipinski definition) is 6. The smallest absolute Gasteiger partial charge is 0.338 e. The van der Waals surface area contributed by atoms with Crippen LogP contribution in [-0.4, -0.2) is 34.8 Å². The van der Waals surface area contributed by atoms with Gasteiger partial charge < -0.3 is 20.2 Å². The number of carbonyl (C=O) groups excluding carboxylic acids is 2. The molecule has 1 heterocycles. The number of hydroxylamine groups is 2. The van der Waals surface area contributed by atoms with Gasteiger partial charge in [-0.1, -0.05) is 0 Å². The standard InChI is InChI=1S/C15H16FN3O5S/c1-9(19(22)15(17)21)8-18-14(20)12-6-7-13(24-12)23-10-2-4-11(25-16)5-3-10/h2-7,9,22H,8H2,1H3,(H2,17,21)(H,18,20)/t9-/m1/s1. The van der Waals surface area contributed by atoms with Crippen molar-refractivity contribution in [3.8, 4) is 11.7 Å². The van der Waals surface area contributed by atoms with Crippen LogP contribution in [0.1, 0.15) is 17.5 Å². The molecule has 0 radical (unpaired) electrons. The zero-order chi connectivity index (χ0) is 18.4. The molecule has 134 valence electrons. The van der Waals surface area contributed by atoms with Crippen LogP contribution in [0, 0.1) is 0 Å². The lowest BCUT2D eigenvalue weighted by Gasteiger charge is -2.20. The minimum atomic E-state index is -1.02. The van der Waals surface area contributed by atoms with Crippen molar-refractivity contribution >= 4 is 24.1 Å². The number of nitrogens with two attached hydrogens (primary N) is 1. The van der Waals surface area contributed by atoms with E-state index in [9.17, 15) is 18.7 Å². The number of primary amides is 1. The van der Waals surface area contributed by atoms with Gasteiger partial charge in [0.25, 0.3) is 11.9 Å². The molecule has 0 fully saturated rings. The summed E-state index contributed by atoms with van der Waals surface area (Å²) in [4.78, 5) is 23.2. The lowest BCUT2D eigenvalue weighted by atomic mass is 10.3. The average molecular weight is 369 g/mol. The van der Waals surface area contributed by atoms with E-state index in [4.69, 9.17) is 14.9 Å². The average Bonchev–Trinajstić information content (AvgIpc) is 3.07. The molecule has 2 rings (SSSR count). The van der Waals surface area contributed by atoms with Crippen LogP contribution in [0.15, 0.2) is 45.7 Å². The number of furan rings is 1.